The van der Waals surface area contributed by atoms with Crippen LogP contribution in [0, 0.1) is 6.92 Å². The number of hydrogen-bond acceptors (Lipinski definition) is 4. The topological polar surface area (TPSA) is 71.4 Å². The lowest BCUT2D eigenvalue weighted by Crippen LogP contribution is -2.36. The summed E-state index contributed by atoms with van der Waals surface area (Å²) < 4.78 is 2.16. The molecule has 1 aliphatic heterocycles. The molecule has 0 spiro atoms. The van der Waals surface area contributed by atoms with Crippen LogP contribution in [0.25, 0.3) is 27.8 Å². The van der Waals surface area contributed by atoms with Crippen LogP contribution in [0.3, 0.4) is 0 Å². The monoisotopic (exact) mass is 531 g/mol. The van der Waals surface area contributed by atoms with Crippen LogP contribution in [-0.4, -0.2) is 33.1 Å². The van der Waals surface area contributed by atoms with Gasteiger partial charge in [0.15, 0.2) is 0 Å². The lowest BCUT2D eigenvalue weighted by atomic mass is 10.1. The first-order chi connectivity index (χ1) is 18.9. The molecule has 1 aliphatic rings. The molecule has 6 nitrogen and oxygen atoms in total. The van der Waals surface area contributed by atoms with E-state index >= 15 is 0 Å². The number of para-hydroxylation sites is 1. The third-order valence-corrected chi connectivity index (χ3v) is 7.66. The van der Waals surface area contributed by atoms with Crippen molar-refractivity contribution < 1.29 is 14.4 Å². The highest BCUT2D eigenvalue weighted by atomic mass is 32.2. The highest BCUT2D eigenvalue weighted by Gasteiger charge is 2.36. The number of amides is 3. The molecule has 1 saturated heterocycles. The van der Waals surface area contributed by atoms with Gasteiger partial charge in [0, 0.05) is 34.9 Å². The Hall–Kier alpha value is -4.62. The van der Waals surface area contributed by atoms with Crippen molar-refractivity contribution in [3.8, 4) is 0 Å². The van der Waals surface area contributed by atoms with Crippen molar-refractivity contribution in [3.05, 3.63) is 119 Å². The van der Waals surface area contributed by atoms with Crippen molar-refractivity contribution in [2.75, 3.05) is 11.9 Å². The van der Waals surface area contributed by atoms with E-state index in [2.05, 4.69) is 46.3 Å². The second kappa shape index (κ2) is 10.3. The number of imide groups is 1. The molecule has 1 fully saturated rings. The van der Waals surface area contributed by atoms with Crippen molar-refractivity contribution in [1.29, 1.82) is 0 Å². The number of nitrogens with zero attached hydrogens (tertiary/aromatic N) is 2. The molecule has 0 unspecified atom stereocenters. The van der Waals surface area contributed by atoms with Crippen molar-refractivity contribution in [2.45, 2.75) is 13.5 Å². The molecule has 39 heavy (non-hydrogen) atoms. The highest BCUT2D eigenvalue weighted by molar-refractivity contribution is 8.18. The predicted octanol–water partition coefficient (Wildman–Crippen LogP) is 6.83. The maximum atomic E-state index is 13.1. The summed E-state index contributed by atoms with van der Waals surface area (Å²) in [4.78, 5) is 39.7. The van der Waals surface area contributed by atoms with E-state index in [-0.39, 0.29) is 6.54 Å². The van der Waals surface area contributed by atoms with E-state index in [4.69, 9.17) is 0 Å². The van der Waals surface area contributed by atoms with Crippen LogP contribution in [0.5, 0.6) is 0 Å². The predicted molar refractivity (Wildman–Crippen MR) is 157 cm³/mol. The van der Waals surface area contributed by atoms with Gasteiger partial charge in [-0.3, -0.25) is 19.3 Å². The van der Waals surface area contributed by atoms with Gasteiger partial charge < -0.3 is 9.88 Å². The van der Waals surface area contributed by atoms with Crippen molar-refractivity contribution in [2.24, 2.45) is 0 Å². The second-order valence-electron chi connectivity index (χ2n) is 9.60. The Bertz CT molecular complexity index is 1800. The second-order valence-corrected chi connectivity index (χ2v) is 10.6. The van der Waals surface area contributed by atoms with Crippen LogP contribution in [0.1, 0.15) is 16.7 Å². The number of carbonyl (C=O) groups is 3. The fourth-order valence-corrected chi connectivity index (χ4v) is 5.73. The first-order valence-corrected chi connectivity index (χ1v) is 13.4. The Kier molecular flexibility index (Phi) is 6.50. The summed E-state index contributed by atoms with van der Waals surface area (Å²) in [5.41, 5.74) is 4.68. The van der Waals surface area contributed by atoms with Crippen LogP contribution in [-0.2, 0) is 16.1 Å². The molecule has 0 saturated carbocycles. The first-order valence-electron chi connectivity index (χ1n) is 12.6. The molecule has 0 radical (unpaired) electrons. The smallest absolute Gasteiger partial charge is 0.294 e. The summed E-state index contributed by atoms with van der Waals surface area (Å²) in [6, 6.07) is 30.1. The van der Waals surface area contributed by atoms with Gasteiger partial charge in [-0.15, -0.1) is 0 Å². The molecular formula is C32H25N3O3S. The quantitative estimate of drug-likeness (QED) is 0.244. The van der Waals surface area contributed by atoms with E-state index in [0.717, 1.165) is 38.7 Å². The van der Waals surface area contributed by atoms with E-state index in [1.54, 1.807) is 12.1 Å². The molecule has 4 aromatic carbocycles. The minimum atomic E-state index is -0.462. The molecule has 2 heterocycles. The van der Waals surface area contributed by atoms with Gasteiger partial charge in [0.05, 0.1) is 4.91 Å². The van der Waals surface area contributed by atoms with Crippen LogP contribution >= 0.6 is 11.8 Å². The molecule has 7 heteroatoms. The number of benzene rings is 4. The van der Waals surface area contributed by atoms with E-state index in [9.17, 15) is 14.4 Å². The van der Waals surface area contributed by atoms with Gasteiger partial charge in [0.25, 0.3) is 11.1 Å². The number of rotatable bonds is 6. The Morgan fingerprint density at radius 2 is 1.69 bits per heavy atom. The van der Waals surface area contributed by atoms with Gasteiger partial charge in [-0.25, -0.2) is 0 Å². The summed E-state index contributed by atoms with van der Waals surface area (Å²) >= 11 is 0.860. The SMILES string of the molecule is Cc1cccc(NC(=O)CN2C(=O)S/C(=C\c3cn(Cc4ccc5ccccc5c4)c4ccccc34)C2=O)c1. The molecule has 0 aliphatic carbocycles. The number of anilines is 1. The third-order valence-electron chi connectivity index (χ3n) is 6.75. The van der Waals surface area contributed by atoms with E-state index in [0.29, 0.717) is 17.1 Å². The zero-order chi connectivity index (χ0) is 26.9. The lowest BCUT2D eigenvalue weighted by molar-refractivity contribution is -0.127. The highest BCUT2D eigenvalue weighted by Crippen LogP contribution is 2.34. The van der Waals surface area contributed by atoms with E-state index in [1.165, 1.54) is 16.3 Å². The van der Waals surface area contributed by atoms with Gasteiger partial charge >= 0.3 is 0 Å². The summed E-state index contributed by atoms with van der Waals surface area (Å²) in [5.74, 6) is -0.883. The molecule has 1 N–H and O–H groups in total. The van der Waals surface area contributed by atoms with Gasteiger partial charge in [-0.05, 0) is 70.9 Å². The molecule has 1 aromatic heterocycles. The summed E-state index contributed by atoms with van der Waals surface area (Å²) in [6.45, 7) is 2.26. The van der Waals surface area contributed by atoms with Crippen molar-refractivity contribution in [3.63, 3.8) is 0 Å². The molecule has 3 amide bonds. The lowest BCUT2D eigenvalue weighted by Gasteiger charge is -2.12. The third kappa shape index (κ3) is 5.09. The first kappa shape index (κ1) is 24.7. The van der Waals surface area contributed by atoms with Crippen molar-refractivity contribution >= 4 is 62.3 Å². The zero-order valence-electron chi connectivity index (χ0n) is 21.3. The van der Waals surface area contributed by atoms with Crippen LogP contribution in [0.15, 0.2) is 102 Å². The number of thioether (sulfide) groups is 1. The van der Waals surface area contributed by atoms with Crippen LogP contribution < -0.4 is 5.32 Å². The van der Waals surface area contributed by atoms with Gasteiger partial charge in [-0.2, -0.15) is 0 Å². The van der Waals surface area contributed by atoms with E-state index < -0.39 is 17.1 Å². The normalized spacial score (nSPS) is 14.6. The average Bonchev–Trinajstić information content (AvgIpc) is 3.40. The maximum absolute atomic E-state index is 13.1. The van der Waals surface area contributed by atoms with E-state index in [1.807, 2.05) is 61.7 Å². The number of hydrogen-bond donors (Lipinski definition) is 1. The summed E-state index contributed by atoms with van der Waals surface area (Å²) in [5, 5.41) is 5.68. The Morgan fingerprint density at radius 1 is 0.897 bits per heavy atom. The van der Waals surface area contributed by atoms with Crippen molar-refractivity contribution in [1.82, 2.24) is 9.47 Å². The largest absolute Gasteiger partial charge is 0.342 e. The van der Waals surface area contributed by atoms with Gasteiger partial charge in [0.1, 0.15) is 6.54 Å². The zero-order valence-corrected chi connectivity index (χ0v) is 22.1. The Morgan fingerprint density at radius 3 is 2.54 bits per heavy atom. The van der Waals surface area contributed by atoms with Gasteiger partial charge in [-0.1, -0.05) is 66.7 Å². The number of carbonyl (C=O) groups excluding carboxylic acids is 3. The van der Waals surface area contributed by atoms with Gasteiger partial charge in [0.2, 0.25) is 5.91 Å². The fourth-order valence-electron chi connectivity index (χ4n) is 4.90. The molecule has 5 aromatic rings. The summed E-state index contributed by atoms with van der Waals surface area (Å²) in [6.07, 6.45) is 3.76. The Balaban J connectivity index is 1.24. The standard InChI is InChI=1S/C32H25N3O3S/c1-21-7-6-10-26(15-21)33-30(36)20-35-31(37)29(39-32(35)38)17-25-19-34(28-12-5-4-11-27(25)28)18-22-13-14-23-8-2-3-9-24(23)16-22/h2-17,19H,18,20H2,1H3,(H,33,36)/b29-17-. The molecule has 0 atom stereocenters. The average molecular weight is 532 g/mol. The fraction of sp³-hybridized carbons (Fsp3) is 0.0938. The minimum absolute atomic E-state index is 0.303. The molecule has 6 rings (SSSR count). The molecular weight excluding hydrogens is 506 g/mol. The number of aryl methyl sites for hydroxylation is 1. The maximum Gasteiger partial charge on any atom is 0.294 e. The number of fused-ring (bicyclic) bond motifs is 2. The van der Waals surface area contributed by atoms with Crippen LogP contribution in [0.4, 0.5) is 10.5 Å². The van der Waals surface area contributed by atoms with Crippen LogP contribution in [0.2, 0.25) is 0 Å². The Labute approximate surface area is 229 Å². The molecule has 0 bridgehead atoms. The number of nitrogens with one attached hydrogen (secondary N) is 1. The minimum Gasteiger partial charge on any atom is -0.342 e. The summed E-state index contributed by atoms with van der Waals surface area (Å²) in [7, 11) is 0. The number of aromatic nitrogens is 1. The molecule has 192 valence electrons.